The Kier molecular flexibility index (Phi) is 3.22. The van der Waals surface area contributed by atoms with Crippen molar-refractivity contribution in [2.75, 3.05) is 0 Å². The zero-order valence-corrected chi connectivity index (χ0v) is 12.5. The number of aromatic amines is 1. The summed E-state index contributed by atoms with van der Waals surface area (Å²) in [7, 11) is 2.78. The Hall–Kier alpha value is -2.67. The normalized spacial score (nSPS) is 11.0. The third-order valence-electron chi connectivity index (χ3n) is 3.43. The fourth-order valence-electron chi connectivity index (χ4n) is 2.21. The van der Waals surface area contributed by atoms with E-state index >= 15 is 0 Å². The molecule has 0 saturated heterocycles. The van der Waals surface area contributed by atoms with Crippen LogP contribution in [-0.2, 0) is 14.1 Å². The van der Waals surface area contributed by atoms with E-state index in [0.29, 0.717) is 10.6 Å². The van der Waals surface area contributed by atoms with Crippen molar-refractivity contribution in [1.82, 2.24) is 19.1 Å². The highest BCUT2D eigenvalue weighted by Gasteiger charge is 2.15. The van der Waals surface area contributed by atoms with Crippen molar-refractivity contribution in [3.8, 4) is 11.4 Å². The Balaban J connectivity index is 2.43. The van der Waals surface area contributed by atoms with Crippen molar-refractivity contribution < 1.29 is 0 Å². The van der Waals surface area contributed by atoms with Gasteiger partial charge in [-0.1, -0.05) is 11.6 Å². The van der Waals surface area contributed by atoms with E-state index in [1.807, 2.05) is 0 Å². The zero-order valence-electron chi connectivity index (χ0n) is 11.8. The molecule has 22 heavy (non-hydrogen) atoms. The predicted molar refractivity (Wildman–Crippen MR) is 83.3 cm³/mol. The smallest absolute Gasteiger partial charge is 0.306 e. The van der Waals surface area contributed by atoms with Crippen molar-refractivity contribution in [3.63, 3.8) is 0 Å². The van der Waals surface area contributed by atoms with Gasteiger partial charge in [0.15, 0.2) is 5.65 Å². The summed E-state index contributed by atoms with van der Waals surface area (Å²) in [5.41, 5.74) is -1.14. The standard InChI is InChI=1S/C14H11ClN4O3/c1-18-11-9(13(21)19(2)14(18)22)12(20)17-10(16-11)7-3-5-8(15)6-4-7/h3-6H,1-2H3,(H,16,17,20). The van der Waals surface area contributed by atoms with Gasteiger partial charge in [-0.05, 0) is 24.3 Å². The lowest BCUT2D eigenvalue weighted by atomic mass is 10.2. The lowest BCUT2D eigenvalue weighted by Gasteiger charge is -2.08. The van der Waals surface area contributed by atoms with E-state index in [9.17, 15) is 14.4 Å². The molecule has 1 aromatic carbocycles. The van der Waals surface area contributed by atoms with Crippen LogP contribution in [0.4, 0.5) is 0 Å². The van der Waals surface area contributed by atoms with Gasteiger partial charge in [0.1, 0.15) is 11.2 Å². The van der Waals surface area contributed by atoms with Crippen LogP contribution in [0.25, 0.3) is 22.4 Å². The van der Waals surface area contributed by atoms with Crippen LogP contribution >= 0.6 is 11.6 Å². The first kappa shape index (κ1) is 14.3. The molecule has 112 valence electrons. The molecular formula is C14H11ClN4O3. The van der Waals surface area contributed by atoms with Gasteiger partial charge in [-0.2, -0.15) is 0 Å². The highest BCUT2D eigenvalue weighted by Crippen LogP contribution is 2.17. The molecule has 2 aromatic heterocycles. The van der Waals surface area contributed by atoms with Gasteiger partial charge < -0.3 is 4.98 Å². The summed E-state index contributed by atoms with van der Waals surface area (Å²) in [4.78, 5) is 43.1. The van der Waals surface area contributed by atoms with Gasteiger partial charge in [0.05, 0.1) is 0 Å². The molecule has 8 heteroatoms. The monoisotopic (exact) mass is 318 g/mol. The van der Waals surface area contributed by atoms with E-state index in [1.54, 1.807) is 24.3 Å². The first-order chi connectivity index (χ1) is 10.4. The SMILES string of the molecule is Cn1c(=O)c2c(=O)[nH]c(-c3ccc(Cl)cc3)nc2n(C)c1=O. The maximum absolute atomic E-state index is 12.2. The molecule has 0 spiro atoms. The number of aryl methyl sites for hydroxylation is 1. The summed E-state index contributed by atoms with van der Waals surface area (Å²) in [5, 5.41) is 0.399. The highest BCUT2D eigenvalue weighted by molar-refractivity contribution is 6.30. The maximum atomic E-state index is 12.2. The predicted octanol–water partition coefficient (Wildman–Crippen LogP) is 0.641. The number of halogens is 1. The van der Waals surface area contributed by atoms with Crippen molar-refractivity contribution >= 4 is 22.6 Å². The minimum Gasteiger partial charge on any atom is -0.306 e. The quantitative estimate of drug-likeness (QED) is 0.713. The van der Waals surface area contributed by atoms with E-state index in [1.165, 1.54) is 18.7 Å². The second kappa shape index (κ2) is 4.96. The van der Waals surface area contributed by atoms with Crippen LogP contribution in [0, 0.1) is 0 Å². The molecule has 7 nitrogen and oxygen atoms in total. The second-order valence-corrected chi connectivity index (χ2v) is 5.26. The zero-order chi connectivity index (χ0) is 16.0. The Morgan fingerprint density at radius 3 is 2.32 bits per heavy atom. The molecular weight excluding hydrogens is 308 g/mol. The number of H-pyrrole nitrogens is 1. The largest absolute Gasteiger partial charge is 0.332 e. The number of fused-ring (bicyclic) bond motifs is 1. The molecule has 3 rings (SSSR count). The summed E-state index contributed by atoms with van der Waals surface area (Å²) in [5.74, 6) is 0.261. The summed E-state index contributed by atoms with van der Waals surface area (Å²) in [6, 6.07) is 6.69. The van der Waals surface area contributed by atoms with Gasteiger partial charge in [-0.25, -0.2) is 9.78 Å². The van der Waals surface area contributed by atoms with Gasteiger partial charge >= 0.3 is 5.69 Å². The van der Waals surface area contributed by atoms with Gasteiger partial charge in [0.2, 0.25) is 0 Å². The Morgan fingerprint density at radius 2 is 1.68 bits per heavy atom. The molecule has 0 radical (unpaired) electrons. The lowest BCUT2D eigenvalue weighted by Crippen LogP contribution is -2.39. The van der Waals surface area contributed by atoms with Crippen LogP contribution in [-0.4, -0.2) is 19.1 Å². The Bertz CT molecular complexity index is 1060. The third-order valence-corrected chi connectivity index (χ3v) is 3.68. The number of rotatable bonds is 1. The summed E-state index contributed by atoms with van der Waals surface area (Å²) in [6.07, 6.45) is 0. The highest BCUT2D eigenvalue weighted by atomic mass is 35.5. The molecule has 0 fully saturated rings. The maximum Gasteiger partial charge on any atom is 0.332 e. The topological polar surface area (TPSA) is 89.8 Å². The molecule has 3 aromatic rings. The van der Waals surface area contributed by atoms with E-state index in [0.717, 1.165) is 4.57 Å². The van der Waals surface area contributed by atoms with Gasteiger partial charge in [0.25, 0.3) is 11.1 Å². The minimum absolute atomic E-state index is 0.0433. The van der Waals surface area contributed by atoms with E-state index < -0.39 is 16.8 Å². The number of benzene rings is 1. The van der Waals surface area contributed by atoms with Crippen LogP contribution in [0.15, 0.2) is 38.6 Å². The molecule has 0 amide bonds. The van der Waals surface area contributed by atoms with Gasteiger partial charge in [0, 0.05) is 24.7 Å². The lowest BCUT2D eigenvalue weighted by molar-refractivity contribution is 0.705. The summed E-state index contributed by atoms with van der Waals surface area (Å²) >= 11 is 5.83. The molecule has 2 heterocycles. The Morgan fingerprint density at radius 1 is 1.05 bits per heavy atom. The average molecular weight is 319 g/mol. The second-order valence-electron chi connectivity index (χ2n) is 4.83. The van der Waals surface area contributed by atoms with Crippen molar-refractivity contribution in [2.45, 2.75) is 0 Å². The van der Waals surface area contributed by atoms with Gasteiger partial charge in [-0.15, -0.1) is 0 Å². The molecule has 0 saturated carbocycles. The molecule has 0 unspecified atom stereocenters. The fourth-order valence-corrected chi connectivity index (χ4v) is 2.34. The number of nitrogens with zero attached hydrogens (tertiary/aromatic N) is 3. The summed E-state index contributed by atoms with van der Waals surface area (Å²) < 4.78 is 2.05. The first-order valence-electron chi connectivity index (χ1n) is 6.36. The average Bonchev–Trinajstić information content (AvgIpc) is 2.50. The third kappa shape index (κ3) is 2.06. The van der Waals surface area contributed by atoms with Crippen LogP contribution in [0.2, 0.25) is 5.02 Å². The molecule has 0 aliphatic rings. The van der Waals surface area contributed by atoms with Crippen LogP contribution < -0.4 is 16.8 Å². The first-order valence-corrected chi connectivity index (χ1v) is 6.74. The van der Waals surface area contributed by atoms with Crippen LogP contribution in [0.5, 0.6) is 0 Å². The number of aromatic nitrogens is 4. The van der Waals surface area contributed by atoms with E-state index in [-0.39, 0.29) is 16.9 Å². The molecule has 0 atom stereocenters. The van der Waals surface area contributed by atoms with Crippen molar-refractivity contribution in [3.05, 3.63) is 60.5 Å². The Labute approximate surface area is 128 Å². The molecule has 0 bridgehead atoms. The number of hydrogen-bond donors (Lipinski definition) is 1. The van der Waals surface area contributed by atoms with Gasteiger partial charge in [-0.3, -0.25) is 18.7 Å². The van der Waals surface area contributed by atoms with Crippen LogP contribution in [0.3, 0.4) is 0 Å². The van der Waals surface area contributed by atoms with Crippen molar-refractivity contribution in [2.24, 2.45) is 14.1 Å². The van der Waals surface area contributed by atoms with E-state index in [2.05, 4.69) is 9.97 Å². The number of nitrogens with one attached hydrogen (secondary N) is 1. The van der Waals surface area contributed by atoms with Crippen molar-refractivity contribution in [1.29, 1.82) is 0 Å². The molecule has 0 aliphatic heterocycles. The molecule has 0 aliphatic carbocycles. The summed E-state index contributed by atoms with van der Waals surface area (Å²) in [6.45, 7) is 0. The van der Waals surface area contributed by atoms with Crippen LogP contribution in [0.1, 0.15) is 0 Å². The van der Waals surface area contributed by atoms with E-state index in [4.69, 9.17) is 11.6 Å². The number of hydrogen-bond acceptors (Lipinski definition) is 4. The minimum atomic E-state index is -0.672. The molecule has 1 N–H and O–H groups in total. The fraction of sp³-hybridized carbons (Fsp3) is 0.143.